The van der Waals surface area contributed by atoms with Crippen LogP contribution in [0, 0.1) is 11.8 Å². The van der Waals surface area contributed by atoms with E-state index < -0.39 is 11.9 Å². The Morgan fingerprint density at radius 2 is 1.50 bits per heavy atom. The molecule has 0 radical (unpaired) electrons. The number of rotatable bonds is 2. The summed E-state index contributed by atoms with van der Waals surface area (Å²) in [6, 6.07) is 8.64. The molecule has 2 atom stereocenters. The molecular weight excluding hydrogens is 369 g/mol. The number of halogens is 3. The van der Waals surface area contributed by atoms with Crippen molar-refractivity contribution in [2.75, 3.05) is 36.0 Å². The molecule has 0 N–H and O–H groups in total. The highest BCUT2D eigenvalue weighted by Gasteiger charge is 2.42. The maximum absolute atomic E-state index is 12.9. The predicted molar refractivity (Wildman–Crippen MR) is 98.0 cm³/mol. The minimum Gasteiger partial charge on any atom is -0.355 e. The molecule has 2 aromatic heterocycles. The van der Waals surface area contributed by atoms with Gasteiger partial charge in [0.2, 0.25) is 5.95 Å². The van der Waals surface area contributed by atoms with Gasteiger partial charge in [-0.15, -0.1) is 0 Å². The minimum absolute atomic E-state index is 0.154. The molecule has 2 saturated heterocycles. The highest BCUT2D eigenvalue weighted by molar-refractivity contribution is 5.75. The maximum Gasteiger partial charge on any atom is 0.433 e. The summed E-state index contributed by atoms with van der Waals surface area (Å²) < 4.78 is 38.7. The maximum atomic E-state index is 12.9. The van der Waals surface area contributed by atoms with Crippen molar-refractivity contribution in [3.05, 3.63) is 48.4 Å². The summed E-state index contributed by atoms with van der Waals surface area (Å²) in [6.07, 6.45) is -1.49. The second-order valence-electron chi connectivity index (χ2n) is 7.29. The van der Waals surface area contributed by atoms with Gasteiger partial charge < -0.3 is 9.80 Å². The molecule has 6 nitrogen and oxygen atoms in total. The van der Waals surface area contributed by atoms with Gasteiger partial charge in [-0.3, -0.25) is 4.98 Å². The van der Waals surface area contributed by atoms with Gasteiger partial charge in [-0.2, -0.15) is 13.2 Å². The predicted octanol–water partition coefficient (Wildman–Crippen LogP) is 3.01. The van der Waals surface area contributed by atoms with Crippen LogP contribution in [0.3, 0.4) is 0 Å². The molecule has 3 aromatic rings. The first-order valence-corrected chi connectivity index (χ1v) is 9.09. The molecule has 0 amide bonds. The summed E-state index contributed by atoms with van der Waals surface area (Å²) in [7, 11) is 0. The van der Waals surface area contributed by atoms with Crippen LogP contribution in [0.1, 0.15) is 5.69 Å². The summed E-state index contributed by atoms with van der Waals surface area (Å²) in [4.78, 5) is 21.0. The van der Waals surface area contributed by atoms with Crippen LogP contribution >= 0.6 is 0 Å². The fraction of sp³-hybridized carbons (Fsp3) is 0.368. The van der Waals surface area contributed by atoms with E-state index in [1.807, 2.05) is 29.2 Å². The second kappa shape index (κ2) is 6.29. The number of fused-ring (bicyclic) bond motifs is 2. The molecule has 0 bridgehead atoms. The van der Waals surface area contributed by atoms with E-state index in [-0.39, 0.29) is 5.95 Å². The topological polar surface area (TPSA) is 58.0 Å². The van der Waals surface area contributed by atoms with Crippen LogP contribution in [0.4, 0.5) is 24.9 Å². The lowest BCUT2D eigenvalue weighted by atomic mass is 10.0. The van der Waals surface area contributed by atoms with Crippen molar-refractivity contribution in [2.24, 2.45) is 11.8 Å². The van der Waals surface area contributed by atoms with E-state index >= 15 is 0 Å². The third kappa shape index (κ3) is 3.00. The van der Waals surface area contributed by atoms with Crippen LogP contribution in [-0.2, 0) is 6.18 Å². The third-order valence-corrected chi connectivity index (χ3v) is 5.46. The van der Waals surface area contributed by atoms with E-state index in [1.54, 1.807) is 6.20 Å². The van der Waals surface area contributed by atoms with Crippen molar-refractivity contribution in [2.45, 2.75) is 6.18 Å². The van der Waals surface area contributed by atoms with Gasteiger partial charge in [-0.05, 0) is 18.2 Å². The zero-order valence-electron chi connectivity index (χ0n) is 14.8. The SMILES string of the molecule is FC(F)(F)c1ccnc(N2CC3CN(c4cnc5ccccc5n4)CC3C2)n1. The number of para-hydroxylation sites is 2. The standard InChI is InChI=1S/C19H17F3N6/c20-19(21,22)16-5-6-23-18(26-16)28-10-12-8-27(9-13(12)11-28)17-7-24-14-3-1-2-4-15(14)25-17/h1-7,12-13H,8-11H2. The second-order valence-corrected chi connectivity index (χ2v) is 7.29. The Morgan fingerprint density at radius 1 is 0.821 bits per heavy atom. The molecule has 0 saturated carbocycles. The molecule has 5 rings (SSSR count). The average Bonchev–Trinajstić information content (AvgIpc) is 3.26. The van der Waals surface area contributed by atoms with Crippen molar-refractivity contribution in [1.29, 1.82) is 0 Å². The molecule has 2 aliphatic rings. The van der Waals surface area contributed by atoms with E-state index in [4.69, 9.17) is 4.98 Å². The molecule has 144 valence electrons. The number of hydrogen-bond donors (Lipinski definition) is 0. The molecular formula is C19H17F3N6. The van der Waals surface area contributed by atoms with Gasteiger partial charge in [0.25, 0.3) is 0 Å². The highest BCUT2D eigenvalue weighted by Crippen LogP contribution is 2.35. The molecule has 4 heterocycles. The molecule has 28 heavy (non-hydrogen) atoms. The van der Waals surface area contributed by atoms with Gasteiger partial charge >= 0.3 is 6.18 Å². The Morgan fingerprint density at radius 3 is 2.21 bits per heavy atom. The monoisotopic (exact) mass is 386 g/mol. The van der Waals surface area contributed by atoms with Gasteiger partial charge in [0.1, 0.15) is 11.5 Å². The first-order valence-electron chi connectivity index (χ1n) is 9.09. The highest BCUT2D eigenvalue weighted by atomic mass is 19.4. The first-order chi connectivity index (χ1) is 13.5. The lowest BCUT2D eigenvalue weighted by molar-refractivity contribution is -0.141. The quantitative estimate of drug-likeness (QED) is 0.675. The van der Waals surface area contributed by atoms with Crippen molar-refractivity contribution >= 4 is 22.8 Å². The van der Waals surface area contributed by atoms with Crippen LogP contribution in [0.15, 0.2) is 42.7 Å². The smallest absolute Gasteiger partial charge is 0.355 e. The lowest BCUT2D eigenvalue weighted by Crippen LogP contribution is -2.30. The first kappa shape index (κ1) is 17.2. The van der Waals surface area contributed by atoms with Crippen LogP contribution in [0.2, 0.25) is 0 Å². The van der Waals surface area contributed by atoms with E-state index in [9.17, 15) is 13.2 Å². The zero-order valence-corrected chi connectivity index (χ0v) is 14.8. The number of nitrogens with zero attached hydrogens (tertiary/aromatic N) is 6. The van der Waals surface area contributed by atoms with E-state index in [0.29, 0.717) is 24.9 Å². The molecule has 9 heteroatoms. The minimum atomic E-state index is -4.46. The summed E-state index contributed by atoms with van der Waals surface area (Å²) in [6.45, 7) is 2.88. The Kier molecular flexibility index (Phi) is 3.85. The van der Waals surface area contributed by atoms with Gasteiger partial charge in [-0.25, -0.2) is 15.0 Å². The van der Waals surface area contributed by atoms with Crippen molar-refractivity contribution in [1.82, 2.24) is 19.9 Å². The largest absolute Gasteiger partial charge is 0.433 e. The van der Waals surface area contributed by atoms with Crippen molar-refractivity contribution < 1.29 is 13.2 Å². The van der Waals surface area contributed by atoms with Crippen molar-refractivity contribution in [3.8, 4) is 0 Å². The van der Waals surface area contributed by atoms with Crippen LogP contribution < -0.4 is 9.80 Å². The normalized spacial score (nSPS) is 22.1. The fourth-order valence-electron chi connectivity index (χ4n) is 4.10. The van der Waals surface area contributed by atoms with Gasteiger partial charge in [-0.1, -0.05) is 12.1 Å². The molecule has 2 fully saturated rings. The third-order valence-electron chi connectivity index (χ3n) is 5.46. The lowest BCUT2D eigenvalue weighted by Gasteiger charge is -2.22. The fourth-order valence-corrected chi connectivity index (χ4v) is 4.10. The number of hydrogen-bond acceptors (Lipinski definition) is 6. The van der Waals surface area contributed by atoms with Gasteiger partial charge in [0.15, 0.2) is 0 Å². The Hall–Kier alpha value is -2.97. The van der Waals surface area contributed by atoms with E-state index in [0.717, 1.165) is 36.0 Å². The molecule has 2 unspecified atom stereocenters. The average molecular weight is 386 g/mol. The summed E-state index contributed by atoms with van der Waals surface area (Å²) in [5.74, 6) is 1.68. The summed E-state index contributed by atoms with van der Waals surface area (Å²) >= 11 is 0. The van der Waals surface area contributed by atoms with Crippen LogP contribution in [-0.4, -0.2) is 46.1 Å². The molecule has 0 spiro atoms. The Labute approximate surface area is 159 Å². The number of anilines is 2. The van der Waals surface area contributed by atoms with Gasteiger partial charge in [0.05, 0.1) is 17.2 Å². The van der Waals surface area contributed by atoms with E-state index in [2.05, 4.69) is 19.9 Å². The summed E-state index contributed by atoms with van der Waals surface area (Å²) in [5, 5.41) is 0. The summed E-state index contributed by atoms with van der Waals surface area (Å²) in [5.41, 5.74) is 0.817. The van der Waals surface area contributed by atoms with Crippen LogP contribution in [0.5, 0.6) is 0 Å². The number of benzene rings is 1. The Balaban J connectivity index is 1.31. The number of aromatic nitrogens is 4. The number of alkyl halides is 3. The Bertz CT molecular complexity index is 1010. The van der Waals surface area contributed by atoms with Crippen molar-refractivity contribution in [3.63, 3.8) is 0 Å². The van der Waals surface area contributed by atoms with E-state index in [1.165, 1.54) is 6.20 Å². The van der Waals surface area contributed by atoms with Gasteiger partial charge in [0, 0.05) is 44.2 Å². The van der Waals surface area contributed by atoms with Crippen LogP contribution in [0.25, 0.3) is 11.0 Å². The molecule has 0 aliphatic carbocycles. The zero-order chi connectivity index (χ0) is 19.3. The molecule has 2 aliphatic heterocycles. The molecule has 1 aromatic carbocycles.